The first kappa shape index (κ1) is 10.7. The van der Waals surface area contributed by atoms with Gasteiger partial charge in [0.2, 0.25) is 0 Å². The van der Waals surface area contributed by atoms with Crippen LogP contribution < -0.4 is 5.32 Å². The molecule has 4 heteroatoms. The summed E-state index contributed by atoms with van der Waals surface area (Å²) in [5.41, 5.74) is 0.167. The number of rotatable bonds is 2. The molecule has 1 aliphatic heterocycles. The van der Waals surface area contributed by atoms with E-state index in [1.54, 1.807) is 38.1 Å². The zero-order valence-corrected chi connectivity index (χ0v) is 9.24. The quantitative estimate of drug-likeness (QED) is 0.760. The second-order valence-electron chi connectivity index (χ2n) is 3.85. The van der Waals surface area contributed by atoms with Crippen LogP contribution in [0.25, 0.3) is 0 Å². The second-order valence-corrected chi connectivity index (χ2v) is 3.85. The van der Waals surface area contributed by atoms with Crippen molar-refractivity contribution in [2.75, 3.05) is 6.61 Å². The Morgan fingerprint density at radius 2 is 2.12 bits per heavy atom. The predicted molar refractivity (Wildman–Crippen MR) is 57.9 cm³/mol. The van der Waals surface area contributed by atoms with Gasteiger partial charge in [0.25, 0.3) is 5.91 Å². The van der Waals surface area contributed by atoms with E-state index in [1.165, 1.54) is 0 Å². The maximum atomic E-state index is 11.8. The lowest BCUT2D eigenvalue weighted by Crippen LogP contribution is -2.44. The summed E-state index contributed by atoms with van der Waals surface area (Å²) in [6.45, 7) is 3.70. The molecular weight excluding hydrogens is 206 g/mol. The van der Waals surface area contributed by atoms with E-state index in [9.17, 15) is 9.59 Å². The van der Waals surface area contributed by atoms with Crippen LogP contribution in [0.5, 0.6) is 0 Å². The van der Waals surface area contributed by atoms with Gasteiger partial charge in [-0.25, -0.2) is 4.79 Å². The molecule has 0 bridgehead atoms. The smallest absolute Gasteiger partial charge is 0.336 e. The summed E-state index contributed by atoms with van der Waals surface area (Å²) >= 11 is 0. The normalized spacial score (nSPS) is 22.5. The van der Waals surface area contributed by atoms with Gasteiger partial charge in [-0.15, -0.1) is 0 Å². The standard InChI is InChI=1S/C12H13NO3/c1-3-16-11(15)12(2)9-7-5-4-6-8(9)10(14)13-12/h4-7H,3H2,1-2H3,(H,13,14)/t12-/m1/s1. The summed E-state index contributed by atoms with van der Waals surface area (Å²) in [5.74, 6) is -0.653. The molecule has 1 heterocycles. The largest absolute Gasteiger partial charge is 0.464 e. The third-order valence-corrected chi connectivity index (χ3v) is 2.76. The Morgan fingerprint density at radius 1 is 1.44 bits per heavy atom. The molecule has 1 aliphatic rings. The van der Waals surface area contributed by atoms with Crippen molar-refractivity contribution in [1.29, 1.82) is 0 Å². The number of esters is 1. The Hall–Kier alpha value is -1.84. The Morgan fingerprint density at radius 3 is 2.81 bits per heavy atom. The van der Waals surface area contributed by atoms with Crippen molar-refractivity contribution < 1.29 is 14.3 Å². The number of benzene rings is 1. The van der Waals surface area contributed by atoms with E-state index >= 15 is 0 Å². The highest BCUT2D eigenvalue weighted by Gasteiger charge is 2.45. The second kappa shape index (κ2) is 3.63. The Bertz CT molecular complexity index is 455. The summed E-state index contributed by atoms with van der Waals surface area (Å²) in [7, 11) is 0. The van der Waals surface area contributed by atoms with Crippen molar-refractivity contribution in [1.82, 2.24) is 5.32 Å². The number of nitrogens with one attached hydrogen (secondary N) is 1. The molecule has 0 radical (unpaired) electrons. The van der Waals surface area contributed by atoms with Gasteiger partial charge in [-0.1, -0.05) is 18.2 Å². The maximum absolute atomic E-state index is 11.8. The lowest BCUT2D eigenvalue weighted by molar-refractivity contribution is -0.150. The number of amides is 1. The summed E-state index contributed by atoms with van der Waals surface area (Å²) < 4.78 is 4.98. The van der Waals surface area contributed by atoms with E-state index in [4.69, 9.17) is 4.74 Å². The number of hydrogen-bond acceptors (Lipinski definition) is 3. The highest BCUT2D eigenvalue weighted by Crippen LogP contribution is 2.31. The van der Waals surface area contributed by atoms with E-state index in [2.05, 4.69) is 5.32 Å². The van der Waals surface area contributed by atoms with Crippen LogP contribution in [0, 0.1) is 0 Å². The minimum absolute atomic E-state index is 0.230. The SMILES string of the molecule is CCOC(=O)[C@]1(C)NC(=O)c2ccccc21. The topological polar surface area (TPSA) is 55.4 Å². The fourth-order valence-corrected chi connectivity index (χ4v) is 1.92. The first-order chi connectivity index (χ1) is 7.59. The molecule has 0 saturated heterocycles. The zero-order chi connectivity index (χ0) is 11.8. The van der Waals surface area contributed by atoms with Crippen molar-refractivity contribution in [3.8, 4) is 0 Å². The zero-order valence-electron chi connectivity index (χ0n) is 9.24. The van der Waals surface area contributed by atoms with Crippen molar-refractivity contribution in [2.24, 2.45) is 0 Å². The average Bonchev–Trinajstić information content (AvgIpc) is 2.54. The summed E-state index contributed by atoms with van der Waals surface area (Å²) in [5, 5.41) is 2.67. The molecule has 0 fully saturated rings. The summed E-state index contributed by atoms with van der Waals surface area (Å²) in [6.07, 6.45) is 0. The molecule has 0 saturated carbocycles. The van der Waals surface area contributed by atoms with Crippen LogP contribution in [0.1, 0.15) is 29.8 Å². The molecule has 1 N–H and O–H groups in total. The van der Waals surface area contributed by atoms with Gasteiger partial charge in [-0.05, 0) is 19.9 Å². The van der Waals surface area contributed by atoms with Crippen LogP contribution in [0.2, 0.25) is 0 Å². The van der Waals surface area contributed by atoms with Gasteiger partial charge in [0.05, 0.1) is 6.61 Å². The van der Waals surface area contributed by atoms with Crippen molar-refractivity contribution in [3.05, 3.63) is 35.4 Å². The Labute approximate surface area is 93.6 Å². The maximum Gasteiger partial charge on any atom is 0.336 e. The Kier molecular flexibility index (Phi) is 2.42. The van der Waals surface area contributed by atoms with Gasteiger partial charge in [0, 0.05) is 11.1 Å². The molecule has 16 heavy (non-hydrogen) atoms. The van der Waals surface area contributed by atoms with Gasteiger partial charge in [0.15, 0.2) is 5.54 Å². The minimum Gasteiger partial charge on any atom is -0.464 e. The fourth-order valence-electron chi connectivity index (χ4n) is 1.92. The summed E-state index contributed by atoms with van der Waals surface area (Å²) in [6, 6.07) is 7.05. The third-order valence-electron chi connectivity index (χ3n) is 2.76. The van der Waals surface area contributed by atoms with E-state index in [1.807, 2.05) is 0 Å². The van der Waals surface area contributed by atoms with E-state index in [0.717, 1.165) is 0 Å². The fraction of sp³-hybridized carbons (Fsp3) is 0.333. The number of carbonyl (C=O) groups is 2. The van der Waals surface area contributed by atoms with Gasteiger partial charge < -0.3 is 10.1 Å². The van der Waals surface area contributed by atoms with E-state index in [-0.39, 0.29) is 5.91 Å². The van der Waals surface area contributed by atoms with Gasteiger partial charge >= 0.3 is 5.97 Å². The highest BCUT2D eigenvalue weighted by molar-refractivity contribution is 6.05. The number of hydrogen-bond donors (Lipinski definition) is 1. The lowest BCUT2D eigenvalue weighted by Gasteiger charge is -2.22. The lowest BCUT2D eigenvalue weighted by atomic mass is 9.93. The number of fused-ring (bicyclic) bond motifs is 1. The monoisotopic (exact) mass is 219 g/mol. The molecule has 1 aromatic carbocycles. The Balaban J connectivity index is 2.46. The van der Waals surface area contributed by atoms with Crippen LogP contribution in [-0.2, 0) is 15.1 Å². The molecule has 2 rings (SSSR count). The van der Waals surface area contributed by atoms with Crippen LogP contribution in [-0.4, -0.2) is 18.5 Å². The molecule has 0 spiro atoms. The van der Waals surface area contributed by atoms with Crippen LogP contribution in [0.4, 0.5) is 0 Å². The summed E-state index contributed by atoms with van der Waals surface area (Å²) in [4.78, 5) is 23.5. The minimum atomic E-state index is -1.05. The van der Waals surface area contributed by atoms with Gasteiger partial charge in [-0.3, -0.25) is 4.79 Å². The molecule has 1 aromatic rings. The molecule has 1 atom stereocenters. The van der Waals surface area contributed by atoms with Gasteiger partial charge in [-0.2, -0.15) is 0 Å². The molecule has 84 valence electrons. The van der Waals surface area contributed by atoms with E-state index < -0.39 is 11.5 Å². The van der Waals surface area contributed by atoms with Gasteiger partial charge in [0.1, 0.15) is 0 Å². The molecular formula is C12H13NO3. The van der Waals surface area contributed by atoms with E-state index in [0.29, 0.717) is 17.7 Å². The molecule has 4 nitrogen and oxygen atoms in total. The molecule has 0 aliphatic carbocycles. The van der Waals surface area contributed by atoms with Crippen molar-refractivity contribution in [3.63, 3.8) is 0 Å². The van der Waals surface area contributed by atoms with Crippen LogP contribution in [0.15, 0.2) is 24.3 Å². The molecule has 0 unspecified atom stereocenters. The van der Waals surface area contributed by atoms with Crippen molar-refractivity contribution >= 4 is 11.9 Å². The molecule has 1 amide bonds. The first-order valence-electron chi connectivity index (χ1n) is 5.19. The van der Waals surface area contributed by atoms with Crippen LogP contribution >= 0.6 is 0 Å². The first-order valence-corrected chi connectivity index (χ1v) is 5.19. The average molecular weight is 219 g/mol. The van der Waals surface area contributed by atoms with Crippen LogP contribution in [0.3, 0.4) is 0 Å². The number of carbonyl (C=O) groups excluding carboxylic acids is 2. The van der Waals surface area contributed by atoms with Crippen molar-refractivity contribution in [2.45, 2.75) is 19.4 Å². The number of ether oxygens (including phenoxy) is 1. The third kappa shape index (κ3) is 1.38. The highest BCUT2D eigenvalue weighted by atomic mass is 16.5. The molecule has 0 aromatic heterocycles. The predicted octanol–water partition coefficient (Wildman–Crippen LogP) is 1.21.